The van der Waals surface area contributed by atoms with Gasteiger partial charge in [0.1, 0.15) is 0 Å². The van der Waals surface area contributed by atoms with E-state index in [0.29, 0.717) is 29.1 Å². The summed E-state index contributed by atoms with van der Waals surface area (Å²) in [5, 5.41) is 6.61. The predicted molar refractivity (Wildman–Crippen MR) is 89.6 cm³/mol. The monoisotopic (exact) mass is 359 g/mol. The van der Waals surface area contributed by atoms with Crippen molar-refractivity contribution in [2.45, 2.75) is 31.5 Å². The molecule has 0 aliphatic carbocycles. The van der Waals surface area contributed by atoms with Crippen LogP contribution in [0, 0.1) is 5.92 Å². The number of hydrogen-bond acceptors (Lipinski definition) is 7. The van der Waals surface area contributed by atoms with Crippen molar-refractivity contribution >= 4 is 41.0 Å². The number of amides is 3. The van der Waals surface area contributed by atoms with Crippen molar-refractivity contribution < 1.29 is 19.1 Å². The van der Waals surface area contributed by atoms with Crippen LogP contribution in [-0.4, -0.2) is 41.8 Å². The molecule has 2 N–H and O–H groups in total. The molecule has 3 amide bonds. The fraction of sp³-hybridized carbons (Fsp3) is 0.571. The Morgan fingerprint density at radius 1 is 1.39 bits per heavy atom. The van der Waals surface area contributed by atoms with Gasteiger partial charge in [0.05, 0.1) is 24.5 Å². The first-order chi connectivity index (χ1) is 10.9. The third kappa shape index (κ3) is 8.56. The summed E-state index contributed by atoms with van der Waals surface area (Å²) < 4.78 is 5.52. The van der Waals surface area contributed by atoms with E-state index < -0.39 is 11.9 Å². The molecule has 1 aromatic heterocycles. The van der Waals surface area contributed by atoms with Gasteiger partial charge in [0.15, 0.2) is 4.34 Å². The highest BCUT2D eigenvalue weighted by Gasteiger charge is 2.12. The number of rotatable bonds is 8. The molecule has 0 atom stereocenters. The van der Waals surface area contributed by atoms with Crippen LogP contribution in [-0.2, 0) is 20.7 Å². The largest absolute Gasteiger partial charge is 0.466 e. The highest BCUT2D eigenvalue weighted by molar-refractivity contribution is 8.01. The molecule has 1 aromatic rings. The van der Waals surface area contributed by atoms with Crippen molar-refractivity contribution in [1.82, 2.24) is 15.6 Å². The average molecular weight is 359 g/mol. The van der Waals surface area contributed by atoms with Crippen LogP contribution >= 0.6 is 23.1 Å². The van der Waals surface area contributed by atoms with Gasteiger partial charge in [-0.2, -0.15) is 0 Å². The Hall–Kier alpha value is -1.61. The van der Waals surface area contributed by atoms with Gasteiger partial charge in [-0.05, 0) is 12.8 Å². The first kappa shape index (κ1) is 19.4. The number of hydrogen-bond donors (Lipinski definition) is 2. The molecule has 0 saturated carbocycles. The third-order valence-corrected chi connectivity index (χ3v) is 4.48. The van der Waals surface area contributed by atoms with Gasteiger partial charge in [0, 0.05) is 11.9 Å². The van der Waals surface area contributed by atoms with Crippen LogP contribution in [0.25, 0.3) is 0 Å². The molecule has 0 aliphatic rings. The summed E-state index contributed by atoms with van der Waals surface area (Å²) in [4.78, 5) is 38.7. The molecule has 0 aromatic carbocycles. The number of urea groups is 1. The summed E-state index contributed by atoms with van der Waals surface area (Å²) >= 11 is 2.57. The first-order valence-electron chi connectivity index (χ1n) is 7.21. The predicted octanol–water partition coefficient (Wildman–Crippen LogP) is 1.82. The van der Waals surface area contributed by atoms with Gasteiger partial charge >= 0.3 is 12.0 Å². The van der Waals surface area contributed by atoms with Crippen LogP contribution < -0.4 is 10.6 Å². The number of imide groups is 1. The molecule has 0 spiro atoms. The van der Waals surface area contributed by atoms with E-state index >= 15 is 0 Å². The molecule has 0 radical (unpaired) electrons. The number of carbonyl (C=O) groups is 3. The van der Waals surface area contributed by atoms with Crippen LogP contribution in [0.4, 0.5) is 4.79 Å². The zero-order chi connectivity index (χ0) is 17.2. The molecule has 1 heterocycles. The number of esters is 1. The molecule has 128 valence electrons. The number of nitrogens with zero attached hydrogens (tertiary/aromatic N) is 1. The van der Waals surface area contributed by atoms with Crippen LogP contribution in [0.2, 0.25) is 0 Å². The molecular formula is C14H21N3O4S2. The van der Waals surface area contributed by atoms with Gasteiger partial charge in [-0.15, -0.1) is 11.3 Å². The lowest BCUT2D eigenvalue weighted by atomic mass is 10.2. The van der Waals surface area contributed by atoms with Gasteiger partial charge in [0.25, 0.3) is 0 Å². The van der Waals surface area contributed by atoms with Crippen molar-refractivity contribution in [2.75, 3.05) is 18.9 Å². The van der Waals surface area contributed by atoms with Gasteiger partial charge < -0.3 is 10.1 Å². The molecular weight excluding hydrogens is 338 g/mol. The zero-order valence-electron chi connectivity index (χ0n) is 13.4. The Morgan fingerprint density at radius 2 is 2.13 bits per heavy atom. The van der Waals surface area contributed by atoms with Gasteiger partial charge in [-0.25, -0.2) is 9.78 Å². The third-order valence-electron chi connectivity index (χ3n) is 2.41. The maximum absolute atomic E-state index is 11.7. The second-order valence-electron chi connectivity index (χ2n) is 5.03. The second-order valence-corrected chi connectivity index (χ2v) is 7.11. The number of ether oxygens (including phenoxy) is 1. The van der Waals surface area contributed by atoms with E-state index in [1.807, 2.05) is 13.8 Å². The number of thioether (sulfide) groups is 1. The van der Waals surface area contributed by atoms with Crippen molar-refractivity contribution in [3.63, 3.8) is 0 Å². The van der Waals surface area contributed by atoms with E-state index in [2.05, 4.69) is 15.6 Å². The summed E-state index contributed by atoms with van der Waals surface area (Å²) in [5.74, 6) is -0.313. The number of nitrogens with one attached hydrogen (secondary N) is 2. The van der Waals surface area contributed by atoms with Crippen LogP contribution in [0.15, 0.2) is 9.72 Å². The lowest BCUT2D eigenvalue weighted by Gasteiger charge is -2.07. The van der Waals surface area contributed by atoms with Gasteiger partial charge in [0.2, 0.25) is 5.91 Å². The van der Waals surface area contributed by atoms with E-state index in [-0.39, 0.29) is 18.1 Å². The van der Waals surface area contributed by atoms with Crippen LogP contribution in [0.3, 0.4) is 0 Å². The first-order valence-corrected chi connectivity index (χ1v) is 9.07. The fourth-order valence-electron chi connectivity index (χ4n) is 1.43. The minimum Gasteiger partial charge on any atom is -0.466 e. The Labute approximate surface area is 143 Å². The zero-order valence-corrected chi connectivity index (χ0v) is 15.0. The topological polar surface area (TPSA) is 97.4 Å². The molecule has 0 unspecified atom stereocenters. The molecule has 7 nitrogen and oxygen atoms in total. The van der Waals surface area contributed by atoms with Crippen molar-refractivity contribution in [3.05, 3.63) is 11.1 Å². The lowest BCUT2D eigenvalue weighted by Crippen LogP contribution is -2.41. The molecule has 0 aliphatic heterocycles. The number of thiazole rings is 1. The number of carbonyl (C=O) groups excluding carboxylic acids is 3. The van der Waals surface area contributed by atoms with Crippen LogP contribution in [0.5, 0.6) is 0 Å². The Bertz CT molecular complexity index is 546. The highest BCUT2D eigenvalue weighted by atomic mass is 32.2. The van der Waals surface area contributed by atoms with Crippen molar-refractivity contribution in [3.8, 4) is 0 Å². The molecule has 0 bridgehead atoms. The summed E-state index contributed by atoms with van der Waals surface area (Å²) in [7, 11) is 0. The maximum Gasteiger partial charge on any atom is 0.321 e. The molecule has 9 heteroatoms. The van der Waals surface area contributed by atoms with E-state index in [4.69, 9.17) is 4.74 Å². The minimum atomic E-state index is -0.494. The molecule has 1 rings (SSSR count). The van der Waals surface area contributed by atoms with Gasteiger partial charge in [-0.3, -0.25) is 14.9 Å². The fourth-order valence-corrected chi connectivity index (χ4v) is 3.07. The summed E-state index contributed by atoms with van der Waals surface area (Å²) in [6.45, 7) is 6.53. The Kier molecular flexibility index (Phi) is 8.64. The van der Waals surface area contributed by atoms with Crippen molar-refractivity contribution in [2.24, 2.45) is 5.92 Å². The Morgan fingerprint density at radius 3 is 2.78 bits per heavy atom. The van der Waals surface area contributed by atoms with E-state index in [1.54, 1.807) is 12.3 Å². The second kappa shape index (κ2) is 10.2. The summed E-state index contributed by atoms with van der Waals surface area (Å²) in [6.07, 6.45) is 0.120. The molecule has 0 fully saturated rings. The quantitative estimate of drug-likeness (QED) is 0.543. The lowest BCUT2D eigenvalue weighted by molar-refractivity contribution is -0.142. The smallest absolute Gasteiger partial charge is 0.321 e. The maximum atomic E-state index is 11.7. The summed E-state index contributed by atoms with van der Waals surface area (Å²) in [5.41, 5.74) is 0.617. The Balaban J connectivity index is 2.32. The normalized spacial score (nSPS) is 10.4. The summed E-state index contributed by atoms with van der Waals surface area (Å²) in [6, 6.07) is -0.494. The number of aromatic nitrogens is 1. The van der Waals surface area contributed by atoms with Crippen molar-refractivity contribution in [1.29, 1.82) is 0 Å². The molecule has 23 heavy (non-hydrogen) atoms. The van der Waals surface area contributed by atoms with Crippen LogP contribution in [0.1, 0.15) is 26.5 Å². The van der Waals surface area contributed by atoms with Gasteiger partial charge in [-0.1, -0.05) is 25.6 Å². The van der Waals surface area contributed by atoms with E-state index in [0.717, 1.165) is 0 Å². The minimum absolute atomic E-state index is 0.0848. The SMILES string of the molecule is CCOC(=O)Cc1csc(SCC(=O)NC(=O)NCC(C)C)n1. The highest BCUT2D eigenvalue weighted by Crippen LogP contribution is 2.22. The van der Waals surface area contributed by atoms with E-state index in [1.165, 1.54) is 23.1 Å². The average Bonchev–Trinajstić information content (AvgIpc) is 2.90. The standard InChI is InChI=1S/C14H21N3O4S2/c1-4-21-12(19)5-10-7-22-14(16-10)23-8-11(18)17-13(20)15-6-9(2)3/h7,9H,4-6,8H2,1-3H3,(H2,15,17,18,20). The molecule has 0 saturated heterocycles. The van der Waals surface area contributed by atoms with E-state index in [9.17, 15) is 14.4 Å².